The fourth-order valence-corrected chi connectivity index (χ4v) is 4.67. The van der Waals surface area contributed by atoms with Gasteiger partial charge in [-0.2, -0.15) is 13.2 Å². The number of aromatic nitrogens is 4. The summed E-state index contributed by atoms with van der Waals surface area (Å²) < 4.78 is 56.5. The molecule has 16 heteroatoms. The quantitative estimate of drug-likeness (QED) is 0.439. The maximum absolute atomic E-state index is 12.7. The number of hydrogen-bond acceptors (Lipinski definition) is 8. The van der Waals surface area contributed by atoms with Crippen LogP contribution in [0.15, 0.2) is 36.8 Å². The van der Waals surface area contributed by atoms with E-state index in [1.54, 1.807) is 10.6 Å². The summed E-state index contributed by atoms with van der Waals surface area (Å²) in [6.07, 6.45) is -0.639. The number of pyridine rings is 1. The Morgan fingerprint density at radius 3 is 2.34 bits per heavy atom. The van der Waals surface area contributed by atoms with Crippen molar-refractivity contribution in [2.24, 2.45) is 0 Å². The molecule has 0 radical (unpaired) electrons. The predicted octanol–water partition coefficient (Wildman–Crippen LogP) is -0.858. The second kappa shape index (κ2) is 10.5. The van der Waals surface area contributed by atoms with Crippen molar-refractivity contribution in [1.82, 2.24) is 19.4 Å². The summed E-state index contributed by atoms with van der Waals surface area (Å²) in [5.74, 6) is -2.74. The van der Waals surface area contributed by atoms with Crippen LogP contribution in [0.25, 0.3) is 5.52 Å². The Morgan fingerprint density at radius 2 is 1.77 bits per heavy atom. The number of fused-ring (bicyclic) bond motifs is 1. The highest BCUT2D eigenvalue weighted by Gasteiger charge is 2.29. The Kier molecular flexibility index (Phi) is 7.92. The summed E-state index contributed by atoms with van der Waals surface area (Å²) in [5, 5.41) is 11.8. The van der Waals surface area contributed by atoms with E-state index in [0.717, 1.165) is 16.1 Å². The van der Waals surface area contributed by atoms with Gasteiger partial charge in [0.05, 0.1) is 47.5 Å². The monoisotopic (exact) mass is 534 g/mol. The van der Waals surface area contributed by atoms with Gasteiger partial charge in [0, 0.05) is 6.20 Å². The van der Waals surface area contributed by atoms with Crippen molar-refractivity contribution < 1.29 is 41.2 Å². The van der Waals surface area contributed by atoms with Crippen molar-refractivity contribution >= 4 is 44.8 Å². The minimum atomic E-state index is -5.19. The summed E-state index contributed by atoms with van der Waals surface area (Å²) in [4.78, 5) is 35.1. The second-order valence-electron chi connectivity index (χ2n) is 7.38. The number of carboxylic acid groups (broad SMARTS) is 1. The standard InChI is InChI=1S/C17H17ClN6O3S.C2HF3O2/c18-12-9-19-17(20-10-12)22-16(25)15-21-13(14-3-1-2-4-24(14)15)11-23-5-7-28(26,27)8-6-23;3-2(4,5)1(6)7/h1-4,9-10H,5-8,11H2,(H,19,20,22,25);(H,6,7). The van der Waals surface area contributed by atoms with Crippen LogP contribution < -0.4 is 15.3 Å². The third kappa shape index (κ3) is 7.10. The first-order chi connectivity index (χ1) is 16.4. The topological polar surface area (TPSA) is 151 Å². The van der Waals surface area contributed by atoms with Crippen LogP contribution in [0, 0.1) is 0 Å². The Labute approximate surface area is 201 Å². The molecule has 11 nitrogen and oxygen atoms in total. The molecule has 0 spiro atoms. The zero-order valence-corrected chi connectivity index (χ0v) is 19.3. The summed E-state index contributed by atoms with van der Waals surface area (Å²) in [7, 11) is -2.93. The van der Waals surface area contributed by atoms with Gasteiger partial charge in [0.15, 0.2) is 9.84 Å². The second-order valence-corrected chi connectivity index (χ2v) is 10.1. The van der Waals surface area contributed by atoms with E-state index in [-0.39, 0.29) is 23.3 Å². The Hall–Kier alpha value is -3.30. The number of hydrogen-bond donors (Lipinski definition) is 2. The van der Waals surface area contributed by atoms with E-state index in [0.29, 0.717) is 24.7 Å². The number of carbonyl (C=O) groups excluding carboxylic acids is 2. The highest BCUT2D eigenvalue weighted by atomic mass is 35.5. The molecule has 0 unspecified atom stereocenters. The average Bonchev–Trinajstić information content (AvgIpc) is 3.15. The van der Waals surface area contributed by atoms with Crippen molar-refractivity contribution in [3.63, 3.8) is 0 Å². The van der Waals surface area contributed by atoms with Gasteiger partial charge in [0.2, 0.25) is 11.8 Å². The lowest BCUT2D eigenvalue weighted by molar-refractivity contribution is -0.910. The summed E-state index contributed by atoms with van der Waals surface area (Å²) in [5.41, 5.74) is 1.56. The lowest BCUT2D eigenvalue weighted by Gasteiger charge is -2.22. The van der Waals surface area contributed by atoms with Crippen molar-refractivity contribution in [3.8, 4) is 0 Å². The van der Waals surface area contributed by atoms with Crippen LogP contribution in [0.5, 0.6) is 0 Å². The molecule has 35 heavy (non-hydrogen) atoms. The van der Waals surface area contributed by atoms with Crippen LogP contribution in [0.4, 0.5) is 19.1 Å². The van der Waals surface area contributed by atoms with Gasteiger partial charge in [0.25, 0.3) is 5.91 Å². The summed E-state index contributed by atoms with van der Waals surface area (Å²) in [6, 6.07) is 5.58. The van der Waals surface area contributed by atoms with Crippen LogP contribution in [-0.2, 0) is 21.2 Å². The van der Waals surface area contributed by atoms with Gasteiger partial charge in [-0.25, -0.2) is 23.4 Å². The number of quaternary nitrogens is 1. The number of nitrogens with one attached hydrogen (secondary N) is 2. The first-order valence-electron chi connectivity index (χ1n) is 9.93. The highest BCUT2D eigenvalue weighted by molar-refractivity contribution is 7.91. The molecule has 0 bridgehead atoms. The molecule has 0 saturated carbocycles. The number of alkyl halides is 3. The van der Waals surface area contributed by atoms with Crippen molar-refractivity contribution in [2.75, 3.05) is 29.9 Å². The lowest BCUT2D eigenvalue weighted by atomic mass is 10.3. The molecular formula is C19H18ClF3N6O5S. The smallest absolute Gasteiger partial charge is 0.430 e. The molecule has 3 aromatic rings. The number of sulfone groups is 1. The third-order valence-electron chi connectivity index (χ3n) is 4.86. The van der Waals surface area contributed by atoms with E-state index in [1.165, 1.54) is 12.4 Å². The van der Waals surface area contributed by atoms with E-state index < -0.39 is 27.9 Å². The fraction of sp³-hybridized carbons (Fsp3) is 0.316. The molecule has 0 atom stereocenters. The Morgan fingerprint density at radius 1 is 1.17 bits per heavy atom. The number of imidazole rings is 1. The van der Waals surface area contributed by atoms with Gasteiger partial charge in [0.1, 0.15) is 18.2 Å². The summed E-state index contributed by atoms with van der Waals surface area (Å²) in [6.45, 7) is 1.62. The highest BCUT2D eigenvalue weighted by Crippen LogP contribution is 2.14. The average molecular weight is 535 g/mol. The molecule has 1 aliphatic heterocycles. The number of carbonyl (C=O) groups is 2. The maximum atomic E-state index is 12.7. The largest absolute Gasteiger partial charge is 0.542 e. The molecule has 0 aromatic carbocycles. The number of carboxylic acids is 1. The van der Waals surface area contributed by atoms with Gasteiger partial charge in [-0.1, -0.05) is 17.7 Å². The lowest BCUT2D eigenvalue weighted by Crippen LogP contribution is -3.13. The minimum absolute atomic E-state index is 0.135. The molecule has 1 aliphatic rings. The molecule has 0 aliphatic carbocycles. The van der Waals surface area contributed by atoms with Gasteiger partial charge in [-0.3, -0.25) is 14.5 Å². The van der Waals surface area contributed by atoms with E-state index >= 15 is 0 Å². The first kappa shape index (κ1) is 26.3. The van der Waals surface area contributed by atoms with Crippen LogP contribution >= 0.6 is 11.6 Å². The molecule has 188 valence electrons. The first-order valence-corrected chi connectivity index (χ1v) is 12.1. The Balaban J connectivity index is 0.000000429. The molecule has 2 N–H and O–H groups in total. The molecule has 1 amide bonds. The normalized spacial score (nSPS) is 15.8. The maximum Gasteiger partial charge on any atom is 0.430 e. The number of nitrogens with zero attached hydrogens (tertiary/aromatic N) is 4. The molecule has 3 aromatic heterocycles. The van der Waals surface area contributed by atoms with Crippen LogP contribution in [0.2, 0.25) is 5.02 Å². The van der Waals surface area contributed by atoms with E-state index in [9.17, 15) is 26.4 Å². The van der Waals surface area contributed by atoms with Gasteiger partial charge in [-0.15, -0.1) is 0 Å². The molecule has 1 saturated heterocycles. The van der Waals surface area contributed by atoms with Crippen molar-refractivity contribution in [1.29, 1.82) is 0 Å². The van der Waals surface area contributed by atoms with Gasteiger partial charge in [-0.05, 0) is 12.1 Å². The predicted molar refractivity (Wildman–Crippen MR) is 114 cm³/mol. The molecule has 4 heterocycles. The molecule has 1 fully saturated rings. The van der Waals surface area contributed by atoms with Crippen LogP contribution in [-0.4, -0.2) is 70.4 Å². The van der Waals surface area contributed by atoms with Crippen molar-refractivity contribution in [3.05, 3.63) is 53.3 Å². The zero-order chi connectivity index (χ0) is 25.8. The number of aliphatic carboxylic acids is 1. The minimum Gasteiger partial charge on any atom is -0.542 e. The summed E-state index contributed by atoms with van der Waals surface area (Å²) >= 11 is 5.76. The van der Waals surface area contributed by atoms with Crippen LogP contribution in [0.3, 0.4) is 0 Å². The molecule has 4 rings (SSSR count). The van der Waals surface area contributed by atoms with Crippen LogP contribution in [0.1, 0.15) is 16.3 Å². The SMILES string of the molecule is O=C(Nc1ncc(Cl)cn1)c1nc(C[NH+]2CCS(=O)(=O)CC2)c2ccccn12.O=C([O-])C(F)(F)F. The van der Waals surface area contributed by atoms with E-state index in [2.05, 4.69) is 20.3 Å². The van der Waals surface area contributed by atoms with E-state index in [4.69, 9.17) is 21.5 Å². The molecular weight excluding hydrogens is 517 g/mol. The fourth-order valence-electron chi connectivity index (χ4n) is 3.17. The third-order valence-corrected chi connectivity index (χ3v) is 6.70. The van der Waals surface area contributed by atoms with Crippen molar-refractivity contribution in [2.45, 2.75) is 12.7 Å². The van der Waals surface area contributed by atoms with E-state index in [1.807, 2.05) is 18.2 Å². The number of rotatable bonds is 4. The Bertz CT molecular complexity index is 1320. The number of halogens is 4. The van der Waals surface area contributed by atoms with Gasteiger partial charge >= 0.3 is 6.18 Å². The van der Waals surface area contributed by atoms with Gasteiger partial charge < -0.3 is 14.8 Å². The number of amides is 1. The zero-order valence-electron chi connectivity index (χ0n) is 17.7. The number of anilines is 1.